The van der Waals surface area contributed by atoms with Gasteiger partial charge in [-0.3, -0.25) is 33.8 Å². The van der Waals surface area contributed by atoms with Crippen molar-refractivity contribution in [3.63, 3.8) is 0 Å². The molecule has 0 radical (unpaired) electrons. The summed E-state index contributed by atoms with van der Waals surface area (Å²) < 4.78 is 11.1. The molecule has 42 heavy (non-hydrogen) atoms. The van der Waals surface area contributed by atoms with E-state index in [0.717, 1.165) is 45.2 Å². The highest BCUT2D eigenvalue weighted by Crippen LogP contribution is 2.24. The highest BCUT2D eigenvalue weighted by atomic mass is 32.2. The van der Waals surface area contributed by atoms with E-state index in [9.17, 15) is 24.0 Å². The van der Waals surface area contributed by atoms with Crippen LogP contribution in [0.5, 0.6) is 0 Å². The van der Waals surface area contributed by atoms with Gasteiger partial charge in [-0.2, -0.15) is 11.8 Å². The summed E-state index contributed by atoms with van der Waals surface area (Å²) in [6, 6.07) is -0.00320. The minimum atomic E-state index is -0.312. The number of amides is 5. The maximum Gasteiger partial charge on any atom is 0.242 e. The second-order valence-corrected chi connectivity index (χ2v) is 11.8. The molecule has 3 aliphatic rings. The number of rotatable bonds is 17. The first kappa shape index (κ1) is 36.0. The quantitative estimate of drug-likeness (QED) is 0.161. The standard InChI is InChI=1S/C22H38N4O6S.C7H13NO/c1-23-21(29)17-6-3-9-25(17)10-5-13-32-15-14-31-12-4-8-24-19(27)7-11-26-20(28)16-18(33-2)22(26)30;1-8-7(9)6-4-2-3-5-6/h17-18H,3-16H2,1-2H3,(H,23,29)(H,24,27);6H,2-5H2,1H3,(H,8,9). The Bertz CT molecular complexity index is 871. The first-order chi connectivity index (χ1) is 20.3. The number of carbonyl (C=O) groups is 5. The lowest BCUT2D eigenvalue weighted by Crippen LogP contribution is -2.42. The van der Waals surface area contributed by atoms with Crippen LogP contribution in [0.15, 0.2) is 0 Å². The Morgan fingerprint density at radius 3 is 2.17 bits per heavy atom. The Kier molecular flexibility index (Phi) is 17.7. The molecule has 0 aromatic rings. The van der Waals surface area contributed by atoms with Crippen LogP contribution >= 0.6 is 11.8 Å². The van der Waals surface area contributed by atoms with Gasteiger partial charge in [0.15, 0.2) is 0 Å². The molecule has 2 heterocycles. The largest absolute Gasteiger partial charge is 0.379 e. The van der Waals surface area contributed by atoms with Crippen LogP contribution in [0, 0.1) is 5.92 Å². The van der Waals surface area contributed by atoms with Crippen LogP contribution in [0.1, 0.15) is 64.2 Å². The van der Waals surface area contributed by atoms with Crippen molar-refractivity contribution < 1.29 is 33.4 Å². The summed E-state index contributed by atoms with van der Waals surface area (Å²) in [6.45, 7) is 4.60. The van der Waals surface area contributed by atoms with Gasteiger partial charge in [0.2, 0.25) is 29.5 Å². The van der Waals surface area contributed by atoms with Gasteiger partial charge in [0, 0.05) is 65.7 Å². The summed E-state index contributed by atoms with van der Waals surface area (Å²) >= 11 is 1.37. The molecule has 2 aliphatic heterocycles. The van der Waals surface area contributed by atoms with Gasteiger partial charge in [-0.25, -0.2) is 0 Å². The number of nitrogens with one attached hydrogen (secondary N) is 3. The molecule has 13 heteroatoms. The molecule has 5 amide bonds. The fourth-order valence-electron chi connectivity index (χ4n) is 5.42. The van der Waals surface area contributed by atoms with Crippen molar-refractivity contribution in [1.29, 1.82) is 0 Å². The maximum atomic E-state index is 12.0. The number of hydrogen-bond donors (Lipinski definition) is 3. The molecular formula is C29H51N5O7S. The third kappa shape index (κ3) is 12.6. The van der Waals surface area contributed by atoms with Crippen molar-refractivity contribution in [2.24, 2.45) is 5.92 Å². The van der Waals surface area contributed by atoms with Crippen molar-refractivity contribution >= 4 is 41.3 Å². The van der Waals surface area contributed by atoms with E-state index >= 15 is 0 Å². The second-order valence-electron chi connectivity index (χ2n) is 10.7. The number of imide groups is 1. The number of hydrogen-bond acceptors (Lipinski definition) is 9. The number of carbonyl (C=O) groups excluding carboxylic acids is 5. The first-order valence-corrected chi connectivity index (χ1v) is 16.6. The first-order valence-electron chi connectivity index (χ1n) is 15.3. The monoisotopic (exact) mass is 613 g/mol. The Morgan fingerprint density at radius 1 is 0.881 bits per heavy atom. The van der Waals surface area contributed by atoms with Crippen molar-refractivity contribution in [2.45, 2.75) is 75.5 Å². The van der Waals surface area contributed by atoms with E-state index in [2.05, 4.69) is 20.9 Å². The van der Waals surface area contributed by atoms with Gasteiger partial charge in [-0.1, -0.05) is 12.8 Å². The molecule has 0 spiro atoms. The van der Waals surface area contributed by atoms with Gasteiger partial charge in [0.1, 0.15) is 0 Å². The van der Waals surface area contributed by atoms with E-state index in [1.807, 2.05) is 0 Å². The van der Waals surface area contributed by atoms with Gasteiger partial charge < -0.3 is 25.4 Å². The minimum Gasteiger partial charge on any atom is -0.379 e. The smallest absolute Gasteiger partial charge is 0.242 e. The van der Waals surface area contributed by atoms with Gasteiger partial charge in [-0.05, 0) is 51.3 Å². The van der Waals surface area contributed by atoms with E-state index in [1.54, 1.807) is 20.4 Å². The Labute approximate surface area is 254 Å². The van der Waals surface area contributed by atoms with Crippen molar-refractivity contribution in [3.05, 3.63) is 0 Å². The lowest BCUT2D eigenvalue weighted by atomic mass is 10.1. The highest BCUT2D eigenvalue weighted by Gasteiger charge is 2.37. The molecule has 1 aliphatic carbocycles. The fraction of sp³-hybridized carbons (Fsp3) is 0.828. The van der Waals surface area contributed by atoms with Crippen molar-refractivity contribution in [3.8, 4) is 0 Å². The normalized spacial score (nSPS) is 20.9. The van der Waals surface area contributed by atoms with Crippen LogP contribution < -0.4 is 16.0 Å². The van der Waals surface area contributed by atoms with E-state index in [0.29, 0.717) is 45.3 Å². The molecule has 0 aromatic carbocycles. The molecule has 3 rings (SSSR count). The number of nitrogens with zero attached hydrogens (tertiary/aromatic N) is 2. The van der Waals surface area contributed by atoms with E-state index in [-0.39, 0.29) is 60.2 Å². The minimum absolute atomic E-state index is 0.00320. The summed E-state index contributed by atoms with van der Waals surface area (Å²) in [5.41, 5.74) is 0. The molecule has 3 N–H and O–H groups in total. The molecule has 2 atom stereocenters. The van der Waals surface area contributed by atoms with E-state index in [4.69, 9.17) is 9.47 Å². The molecule has 1 saturated carbocycles. The topological polar surface area (TPSA) is 146 Å². The van der Waals surface area contributed by atoms with E-state index in [1.165, 1.54) is 29.5 Å². The summed E-state index contributed by atoms with van der Waals surface area (Å²) in [4.78, 5) is 61.9. The van der Waals surface area contributed by atoms with Gasteiger partial charge >= 0.3 is 0 Å². The van der Waals surface area contributed by atoms with Crippen molar-refractivity contribution in [2.75, 3.05) is 73.0 Å². The van der Waals surface area contributed by atoms with Crippen LogP contribution in [0.25, 0.3) is 0 Å². The zero-order chi connectivity index (χ0) is 30.7. The molecule has 3 fully saturated rings. The SMILES string of the molecule is CNC(=O)C1CCCC1.CNC(=O)C1CCCN1CCCOCCOCCCNC(=O)CCN1C(=O)CC(SC)C1=O. The molecule has 240 valence electrons. The summed E-state index contributed by atoms with van der Waals surface area (Å²) in [7, 11) is 3.39. The predicted octanol–water partition coefficient (Wildman–Crippen LogP) is 0.930. The summed E-state index contributed by atoms with van der Waals surface area (Å²) in [5.74, 6) is 0.0803. The predicted molar refractivity (Wildman–Crippen MR) is 162 cm³/mol. The molecule has 2 saturated heterocycles. The van der Waals surface area contributed by atoms with Crippen LogP contribution in [-0.2, 0) is 33.4 Å². The summed E-state index contributed by atoms with van der Waals surface area (Å²) in [6.07, 6.45) is 10.3. The maximum absolute atomic E-state index is 12.0. The number of likely N-dealkylation sites (N-methyl/N-ethyl adjacent to an activating group) is 1. The molecule has 0 bridgehead atoms. The average molecular weight is 614 g/mol. The highest BCUT2D eigenvalue weighted by molar-refractivity contribution is 8.00. The van der Waals surface area contributed by atoms with E-state index < -0.39 is 0 Å². The lowest BCUT2D eigenvalue weighted by Gasteiger charge is -2.22. The third-order valence-corrected chi connectivity index (χ3v) is 8.77. The number of likely N-dealkylation sites (tertiary alicyclic amines) is 2. The fourth-order valence-corrected chi connectivity index (χ4v) is 6.05. The third-order valence-electron chi connectivity index (χ3n) is 7.83. The van der Waals surface area contributed by atoms with Crippen LogP contribution in [0.3, 0.4) is 0 Å². The Morgan fingerprint density at radius 2 is 1.55 bits per heavy atom. The Hall–Kier alpha value is -2.22. The molecule has 0 aromatic heterocycles. The number of ether oxygens (including phenoxy) is 2. The van der Waals surface area contributed by atoms with Crippen molar-refractivity contribution in [1.82, 2.24) is 25.8 Å². The van der Waals surface area contributed by atoms with Gasteiger partial charge in [0.25, 0.3) is 0 Å². The zero-order valence-corrected chi connectivity index (χ0v) is 26.4. The zero-order valence-electron chi connectivity index (χ0n) is 25.6. The van der Waals surface area contributed by atoms with Crippen LogP contribution in [0.2, 0.25) is 0 Å². The second kappa shape index (κ2) is 20.6. The van der Waals surface area contributed by atoms with Crippen LogP contribution in [0.4, 0.5) is 0 Å². The Balaban J connectivity index is 0.000000581. The summed E-state index contributed by atoms with van der Waals surface area (Å²) in [5, 5.41) is 7.87. The van der Waals surface area contributed by atoms with Gasteiger partial charge in [-0.15, -0.1) is 0 Å². The average Bonchev–Trinajstić information content (AvgIpc) is 3.76. The lowest BCUT2D eigenvalue weighted by molar-refractivity contribution is -0.138. The number of thioether (sulfide) groups is 1. The van der Waals surface area contributed by atoms with Crippen LogP contribution in [-0.4, -0.2) is 124 Å². The van der Waals surface area contributed by atoms with Gasteiger partial charge in [0.05, 0.1) is 24.5 Å². The molecule has 2 unspecified atom stereocenters. The molecule has 12 nitrogen and oxygen atoms in total. The molecular weight excluding hydrogens is 562 g/mol.